The first kappa shape index (κ1) is 18.9. The fraction of sp³-hybridized carbons (Fsp3) is 0.682. The number of β-amino-alcohol motifs (C(OH)–C–C–N with tert-alkyl or cyclic N) is 1. The van der Waals surface area contributed by atoms with Gasteiger partial charge >= 0.3 is 0 Å². The summed E-state index contributed by atoms with van der Waals surface area (Å²) in [5.74, 6) is -0.114. The largest absolute Gasteiger partial charge is 0.383 e. The summed E-state index contributed by atoms with van der Waals surface area (Å²) in [7, 11) is 1.64. The van der Waals surface area contributed by atoms with Gasteiger partial charge in [0.25, 0.3) is 5.91 Å². The molecule has 0 bridgehead atoms. The van der Waals surface area contributed by atoms with E-state index in [4.69, 9.17) is 4.74 Å². The number of fused-ring (bicyclic) bond motifs is 2. The number of carbonyl (C=O) groups is 1. The summed E-state index contributed by atoms with van der Waals surface area (Å²) < 4.78 is 5.11. The molecule has 1 aromatic rings. The Bertz CT molecular complexity index is 684. The van der Waals surface area contributed by atoms with Gasteiger partial charge in [-0.05, 0) is 68.2 Å². The number of rotatable bonds is 5. The van der Waals surface area contributed by atoms with Crippen molar-refractivity contribution in [2.24, 2.45) is 0 Å². The summed E-state index contributed by atoms with van der Waals surface area (Å²) in [6, 6.07) is 8.89. The average Bonchev–Trinajstić information content (AvgIpc) is 3.04. The van der Waals surface area contributed by atoms with Crippen LogP contribution in [-0.4, -0.2) is 72.9 Å². The van der Waals surface area contributed by atoms with Crippen molar-refractivity contribution in [3.8, 4) is 0 Å². The number of carbonyl (C=O) groups excluding carboxylic acids is 1. The zero-order valence-corrected chi connectivity index (χ0v) is 16.5. The van der Waals surface area contributed by atoms with Gasteiger partial charge in [0.1, 0.15) is 0 Å². The van der Waals surface area contributed by atoms with Gasteiger partial charge in [-0.1, -0.05) is 24.3 Å². The van der Waals surface area contributed by atoms with E-state index in [1.807, 2.05) is 0 Å². The number of likely N-dealkylation sites (tertiary alicyclic amines) is 2. The molecule has 1 atom stereocenters. The molecule has 1 spiro atoms. The molecule has 27 heavy (non-hydrogen) atoms. The summed E-state index contributed by atoms with van der Waals surface area (Å²) in [5, 5.41) is 11.1. The number of aliphatic hydroxyl groups is 1. The third-order valence-electron chi connectivity index (χ3n) is 7.03. The Balaban J connectivity index is 1.38. The predicted octanol–water partition coefficient (Wildman–Crippen LogP) is 1.97. The highest BCUT2D eigenvalue weighted by Gasteiger charge is 2.46. The topological polar surface area (TPSA) is 53.0 Å². The molecule has 0 saturated carbocycles. The Morgan fingerprint density at radius 3 is 2.67 bits per heavy atom. The number of amides is 1. The molecule has 2 heterocycles. The van der Waals surface area contributed by atoms with Gasteiger partial charge in [-0.3, -0.25) is 9.69 Å². The molecular weight excluding hydrogens is 340 g/mol. The third kappa shape index (κ3) is 3.53. The van der Waals surface area contributed by atoms with Crippen molar-refractivity contribution in [1.29, 1.82) is 0 Å². The van der Waals surface area contributed by atoms with E-state index in [1.165, 1.54) is 18.4 Å². The van der Waals surface area contributed by atoms with Crippen LogP contribution in [0.3, 0.4) is 0 Å². The van der Waals surface area contributed by atoms with E-state index in [-0.39, 0.29) is 5.91 Å². The van der Waals surface area contributed by atoms with Gasteiger partial charge in [0.05, 0.1) is 6.61 Å². The molecule has 1 aliphatic carbocycles. The molecule has 0 unspecified atom stereocenters. The zero-order chi connectivity index (χ0) is 18.9. The lowest BCUT2D eigenvalue weighted by molar-refractivity contribution is -0.160. The van der Waals surface area contributed by atoms with Crippen LogP contribution in [-0.2, 0) is 21.4 Å². The molecule has 1 aromatic carbocycles. The van der Waals surface area contributed by atoms with E-state index >= 15 is 0 Å². The van der Waals surface area contributed by atoms with Crippen LogP contribution in [0.25, 0.3) is 0 Å². The van der Waals surface area contributed by atoms with E-state index < -0.39 is 5.60 Å². The van der Waals surface area contributed by atoms with Crippen LogP contribution in [0, 0.1) is 0 Å². The first-order chi connectivity index (χ1) is 13.1. The summed E-state index contributed by atoms with van der Waals surface area (Å²) in [5.41, 5.74) is 2.14. The van der Waals surface area contributed by atoms with Crippen molar-refractivity contribution >= 4 is 5.91 Å². The maximum atomic E-state index is 12.8. The van der Waals surface area contributed by atoms with Crippen LogP contribution in [0.5, 0.6) is 0 Å². The SMILES string of the molecule is COCCN1CCC[C@](O)(CN2CCC3(CCc4ccccc43)CC2)C1=O. The van der Waals surface area contributed by atoms with Crippen molar-refractivity contribution in [2.45, 2.75) is 49.5 Å². The highest BCUT2D eigenvalue weighted by atomic mass is 16.5. The van der Waals surface area contributed by atoms with Gasteiger partial charge < -0.3 is 14.7 Å². The predicted molar refractivity (Wildman–Crippen MR) is 105 cm³/mol. The van der Waals surface area contributed by atoms with Crippen molar-refractivity contribution < 1.29 is 14.6 Å². The Morgan fingerprint density at radius 2 is 1.89 bits per heavy atom. The Hall–Kier alpha value is -1.43. The molecule has 3 aliphatic rings. The third-order valence-corrected chi connectivity index (χ3v) is 7.03. The molecule has 148 valence electrons. The number of aryl methyl sites for hydroxylation is 1. The summed E-state index contributed by atoms with van der Waals surface area (Å²) >= 11 is 0. The van der Waals surface area contributed by atoms with Crippen LogP contribution >= 0.6 is 0 Å². The molecule has 0 aromatic heterocycles. The van der Waals surface area contributed by atoms with Crippen LogP contribution < -0.4 is 0 Å². The maximum absolute atomic E-state index is 12.8. The average molecular weight is 373 g/mol. The van der Waals surface area contributed by atoms with Crippen LogP contribution in [0.15, 0.2) is 24.3 Å². The zero-order valence-electron chi connectivity index (χ0n) is 16.5. The number of piperidine rings is 2. The van der Waals surface area contributed by atoms with Crippen molar-refractivity contribution in [2.75, 3.05) is 46.4 Å². The van der Waals surface area contributed by atoms with Crippen LogP contribution in [0.2, 0.25) is 0 Å². The lowest BCUT2D eigenvalue weighted by atomic mass is 9.73. The molecule has 1 amide bonds. The monoisotopic (exact) mass is 372 g/mol. The van der Waals surface area contributed by atoms with Crippen molar-refractivity contribution in [3.05, 3.63) is 35.4 Å². The molecule has 4 rings (SSSR count). The minimum Gasteiger partial charge on any atom is -0.383 e. The molecule has 2 saturated heterocycles. The normalized spacial score (nSPS) is 27.9. The first-order valence-corrected chi connectivity index (χ1v) is 10.4. The minimum absolute atomic E-state index is 0.114. The van der Waals surface area contributed by atoms with Crippen molar-refractivity contribution in [1.82, 2.24) is 9.80 Å². The molecule has 0 radical (unpaired) electrons. The van der Waals surface area contributed by atoms with Gasteiger partial charge in [0.2, 0.25) is 0 Å². The van der Waals surface area contributed by atoms with E-state index in [0.717, 1.165) is 38.9 Å². The molecule has 5 heteroatoms. The first-order valence-electron chi connectivity index (χ1n) is 10.4. The minimum atomic E-state index is -1.23. The van der Waals surface area contributed by atoms with E-state index in [0.29, 0.717) is 31.5 Å². The molecular formula is C22H32N2O3. The number of nitrogens with zero attached hydrogens (tertiary/aromatic N) is 2. The quantitative estimate of drug-likeness (QED) is 0.859. The second-order valence-corrected chi connectivity index (χ2v) is 8.63. The van der Waals surface area contributed by atoms with Gasteiger partial charge in [0.15, 0.2) is 5.60 Å². The molecule has 5 nitrogen and oxygen atoms in total. The summed E-state index contributed by atoms with van der Waals surface area (Å²) in [6.07, 6.45) is 6.11. The number of methoxy groups -OCH3 is 1. The van der Waals surface area contributed by atoms with Gasteiger partial charge in [-0.2, -0.15) is 0 Å². The van der Waals surface area contributed by atoms with E-state index in [2.05, 4.69) is 29.2 Å². The van der Waals surface area contributed by atoms with Crippen LogP contribution in [0.4, 0.5) is 0 Å². The second-order valence-electron chi connectivity index (χ2n) is 8.63. The molecule has 2 aliphatic heterocycles. The molecule has 2 fully saturated rings. The number of hydrogen-bond acceptors (Lipinski definition) is 4. The fourth-order valence-electron chi connectivity index (χ4n) is 5.42. The lowest BCUT2D eigenvalue weighted by Gasteiger charge is -2.45. The van der Waals surface area contributed by atoms with E-state index in [1.54, 1.807) is 17.6 Å². The smallest absolute Gasteiger partial charge is 0.255 e. The summed E-state index contributed by atoms with van der Waals surface area (Å²) in [6.45, 7) is 4.20. The van der Waals surface area contributed by atoms with Crippen molar-refractivity contribution in [3.63, 3.8) is 0 Å². The highest BCUT2D eigenvalue weighted by molar-refractivity contribution is 5.86. The van der Waals surface area contributed by atoms with Gasteiger partial charge in [-0.25, -0.2) is 0 Å². The fourth-order valence-corrected chi connectivity index (χ4v) is 5.42. The Labute approximate surface area is 162 Å². The standard InChI is InChI=1S/C22H32N2O3/c1-27-16-15-24-12-4-8-22(26,20(24)25)17-23-13-10-21(11-14-23)9-7-18-5-2-3-6-19(18)21/h2-3,5-6,26H,4,7-17H2,1H3/t22-/m0/s1. The second kappa shape index (κ2) is 7.53. The highest BCUT2D eigenvalue weighted by Crippen LogP contribution is 2.46. The lowest BCUT2D eigenvalue weighted by Crippen LogP contribution is -2.60. The van der Waals surface area contributed by atoms with Gasteiger partial charge in [-0.15, -0.1) is 0 Å². The number of ether oxygens (including phenoxy) is 1. The van der Waals surface area contributed by atoms with E-state index in [9.17, 15) is 9.90 Å². The Kier molecular flexibility index (Phi) is 5.28. The Morgan fingerprint density at radius 1 is 1.11 bits per heavy atom. The van der Waals surface area contributed by atoms with Crippen LogP contribution in [0.1, 0.15) is 43.2 Å². The maximum Gasteiger partial charge on any atom is 0.255 e. The number of hydrogen-bond donors (Lipinski definition) is 1. The molecule has 1 N–H and O–H groups in total. The number of benzene rings is 1. The van der Waals surface area contributed by atoms with Gasteiger partial charge in [0, 0.05) is 26.7 Å². The summed E-state index contributed by atoms with van der Waals surface area (Å²) in [4.78, 5) is 16.9.